The Labute approximate surface area is 137 Å². The van der Waals surface area contributed by atoms with Gasteiger partial charge in [0.15, 0.2) is 0 Å². The Kier molecular flexibility index (Phi) is 4.04. The molecule has 120 valence electrons. The van der Waals surface area contributed by atoms with Gasteiger partial charge in [-0.05, 0) is 48.6 Å². The molecule has 1 atom stereocenters. The van der Waals surface area contributed by atoms with E-state index in [1.807, 2.05) is 0 Å². The molecule has 0 spiro atoms. The molecule has 2 aromatic rings. The highest BCUT2D eigenvalue weighted by Crippen LogP contribution is 2.25. The van der Waals surface area contributed by atoms with Crippen molar-refractivity contribution < 1.29 is 4.79 Å². The van der Waals surface area contributed by atoms with Crippen molar-refractivity contribution in [3.63, 3.8) is 0 Å². The van der Waals surface area contributed by atoms with Gasteiger partial charge in [-0.25, -0.2) is 0 Å². The van der Waals surface area contributed by atoms with Crippen LogP contribution in [0.2, 0.25) is 0 Å². The second-order valence-electron chi connectivity index (χ2n) is 7.00. The zero-order valence-electron chi connectivity index (χ0n) is 13.5. The highest BCUT2D eigenvalue weighted by molar-refractivity contribution is 5.85. The topological polar surface area (TPSA) is 32.3 Å². The summed E-state index contributed by atoms with van der Waals surface area (Å²) in [5.74, 6) is 0.439. The van der Waals surface area contributed by atoms with Crippen LogP contribution in [0, 0.1) is 5.92 Å². The van der Waals surface area contributed by atoms with E-state index in [1.54, 1.807) is 0 Å². The van der Waals surface area contributed by atoms with E-state index in [0.717, 1.165) is 45.3 Å². The maximum atomic E-state index is 12.3. The molecule has 1 heterocycles. The van der Waals surface area contributed by atoms with E-state index in [-0.39, 0.29) is 11.8 Å². The summed E-state index contributed by atoms with van der Waals surface area (Å²) in [6.45, 7) is 2.92. The first-order valence-electron chi connectivity index (χ1n) is 8.79. The van der Waals surface area contributed by atoms with Crippen LogP contribution in [0.15, 0.2) is 42.5 Å². The summed E-state index contributed by atoms with van der Waals surface area (Å²) in [6, 6.07) is 15.6. The lowest BCUT2D eigenvalue weighted by Gasteiger charge is -2.32. The highest BCUT2D eigenvalue weighted by atomic mass is 16.2. The van der Waals surface area contributed by atoms with Crippen LogP contribution in [0.1, 0.15) is 31.2 Å². The van der Waals surface area contributed by atoms with Crippen molar-refractivity contribution in [3.8, 4) is 0 Å². The first kappa shape index (κ1) is 14.7. The van der Waals surface area contributed by atoms with Crippen LogP contribution < -0.4 is 5.32 Å². The third-order valence-corrected chi connectivity index (χ3v) is 5.07. The largest absolute Gasteiger partial charge is 0.353 e. The third-order valence-electron chi connectivity index (χ3n) is 5.07. The lowest BCUT2D eigenvalue weighted by atomic mass is 9.96. The summed E-state index contributed by atoms with van der Waals surface area (Å²) in [4.78, 5) is 14.8. The zero-order chi connectivity index (χ0) is 15.6. The Hall–Kier alpha value is -1.87. The predicted molar refractivity (Wildman–Crippen MR) is 93.1 cm³/mol. The van der Waals surface area contributed by atoms with Crippen LogP contribution in [0.4, 0.5) is 0 Å². The zero-order valence-corrected chi connectivity index (χ0v) is 13.5. The molecule has 0 radical (unpaired) electrons. The molecule has 1 aliphatic heterocycles. The van der Waals surface area contributed by atoms with Crippen LogP contribution in [0.3, 0.4) is 0 Å². The number of piperidine rings is 1. The molecule has 0 bridgehead atoms. The maximum absolute atomic E-state index is 12.3. The summed E-state index contributed by atoms with van der Waals surface area (Å²) in [6.07, 6.45) is 4.48. The second kappa shape index (κ2) is 6.32. The molecule has 3 nitrogen and oxygen atoms in total. The summed E-state index contributed by atoms with van der Waals surface area (Å²) < 4.78 is 0. The lowest BCUT2D eigenvalue weighted by molar-refractivity contribution is -0.126. The van der Waals surface area contributed by atoms with E-state index in [4.69, 9.17) is 0 Å². The maximum Gasteiger partial charge on any atom is 0.224 e. The third kappa shape index (κ3) is 3.40. The molecule has 2 fully saturated rings. The number of amides is 1. The van der Waals surface area contributed by atoms with Crippen molar-refractivity contribution in [2.45, 2.75) is 38.3 Å². The second-order valence-corrected chi connectivity index (χ2v) is 7.00. The van der Waals surface area contributed by atoms with Gasteiger partial charge in [0.2, 0.25) is 5.91 Å². The molecule has 3 heteroatoms. The van der Waals surface area contributed by atoms with Crippen LogP contribution in [-0.4, -0.2) is 29.9 Å². The molecule has 0 aromatic heterocycles. The van der Waals surface area contributed by atoms with Gasteiger partial charge in [0.25, 0.3) is 0 Å². The van der Waals surface area contributed by atoms with Crippen molar-refractivity contribution in [2.24, 2.45) is 5.92 Å². The van der Waals surface area contributed by atoms with Crippen LogP contribution >= 0.6 is 0 Å². The van der Waals surface area contributed by atoms with E-state index in [2.05, 4.69) is 52.7 Å². The molecule has 23 heavy (non-hydrogen) atoms. The lowest BCUT2D eigenvalue weighted by Crippen LogP contribution is -2.43. The van der Waals surface area contributed by atoms with Gasteiger partial charge >= 0.3 is 0 Å². The first-order valence-corrected chi connectivity index (χ1v) is 8.79. The van der Waals surface area contributed by atoms with E-state index in [9.17, 15) is 4.79 Å². The minimum atomic E-state index is 0.166. The van der Waals surface area contributed by atoms with E-state index < -0.39 is 0 Å². The Morgan fingerprint density at radius 1 is 1.09 bits per heavy atom. The first-order chi connectivity index (χ1) is 11.3. The van der Waals surface area contributed by atoms with Crippen molar-refractivity contribution in [1.29, 1.82) is 0 Å². The minimum absolute atomic E-state index is 0.166. The molecule has 2 aliphatic rings. The Morgan fingerprint density at radius 3 is 2.78 bits per heavy atom. The van der Waals surface area contributed by atoms with Crippen LogP contribution in [-0.2, 0) is 11.3 Å². The van der Waals surface area contributed by atoms with Crippen molar-refractivity contribution in [1.82, 2.24) is 10.2 Å². The summed E-state index contributed by atoms with van der Waals surface area (Å²) in [5, 5.41) is 5.80. The Bertz CT molecular complexity index is 702. The number of carbonyl (C=O) groups is 1. The number of fused-ring (bicyclic) bond motifs is 1. The molecule has 1 N–H and O–H groups in total. The van der Waals surface area contributed by atoms with Gasteiger partial charge in [-0.3, -0.25) is 9.69 Å². The fourth-order valence-corrected chi connectivity index (χ4v) is 3.63. The van der Waals surface area contributed by atoms with Crippen molar-refractivity contribution in [2.75, 3.05) is 13.1 Å². The number of hydrogen-bond acceptors (Lipinski definition) is 2. The normalized spacial score (nSPS) is 22.2. The van der Waals surface area contributed by atoms with E-state index in [0.29, 0.717) is 6.04 Å². The average Bonchev–Trinajstić information content (AvgIpc) is 3.39. The fraction of sp³-hybridized carbons (Fsp3) is 0.450. The van der Waals surface area contributed by atoms with Gasteiger partial charge < -0.3 is 5.32 Å². The quantitative estimate of drug-likeness (QED) is 0.939. The number of carbonyl (C=O) groups excluding carboxylic acids is 1. The minimum Gasteiger partial charge on any atom is -0.353 e. The number of nitrogens with zero attached hydrogens (tertiary/aromatic N) is 1. The molecule has 1 amide bonds. The van der Waals surface area contributed by atoms with E-state index >= 15 is 0 Å². The highest BCUT2D eigenvalue weighted by Gasteiger charge is 2.30. The predicted octanol–water partition coefficient (Wildman–Crippen LogP) is 3.33. The fourth-order valence-electron chi connectivity index (χ4n) is 3.63. The Morgan fingerprint density at radius 2 is 1.91 bits per heavy atom. The molecule has 2 aromatic carbocycles. The number of hydrogen-bond donors (Lipinski definition) is 1. The van der Waals surface area contributed by atoms with Crippen LogP contribution in [0.5, 0.6) is 0 Å². The van der Waals surface area contributed by atoms with Gasteiger partial charge in [-0.15, -0.1) is 0 Å². The van der Waals surface area contributed by atoms with Crippen molar-refractivity contribution in [3.05, 3.63) is 48.0 Å². The van der Waals surface area contributed by atoms with Gasteiger partial charge in [0.05, 0.1) is 5.92 Å². The molecule has 1 aliphatic carbocycles. The van der Waals surface area contributed by atoms with E-state index in [1.165, 1.54) is 16.3 Å². The number of nitrogens with one attached hydrogen (secondary N) is 1. The van der Waals surface area contributed by atoms with Gasteiger partial charge in [-0.1, -0.05) is 42.5 Å². The summed E-state index contributed by atoms with van der Waals surface area (Å²) in [5.41, 5.74) is 1.37. The van der Waals surface area contributed by atoms with Gasteiger partial charge in [0.1, 0.15) is 0 Å². The Balaban J connectivity index is 1.46. The average molecular weight is 308 g/mol. The SMILES string of the molecule is O=C(NC1CC1)C1CCCN(Cc2cccc3ccccc23)C1. The molecule has 1 saturated heterocycles. The summed E-state index contributed by atoms with van der Waals surface area (Å²) >= 11 is 0. The molecule has 1 saturated carbocycles. The van der Waals surface area contributed by atoms with Gasteiger partial charge in [0, 0.05) is 19.1 Å². The van der Waals surface area contributed by atoms with Crippen LogP contribution in [0.25, 0.3) is 10.8 Å². The molecular weight excluding hydrogens is 284 g/mol. The summed E-state index contributed by atoms with van der Waals surface area (Å²) in [7, 11) is 0. The smallest absolute Gasteiger partial charge is 0.224 e. The van der Waals surface area contributed by atoms with Crippen molar-refractivity contribution >= 4 is 16.7 Å². The standard InChI is InChI=1S/C20H24N2O/c23-20(21-18-10-11-18)17-8-4-12-22(14-17)13-16-7-3-6-15-5-1-2-9-19(15)16/h1-3,5-7,9,17-18H,4,8,10-14H2,(H,21,23). The monoisotopic (exact) mass is 308 g/mol. The molecule has 1 unspecified atom stereocenters. The molecular formula is C20H24N2O. The number of likely N-dealkylation sites (tertiary alicyclic amines) is 1. The van der Waals surface area contributed by atoms with Gasteiger partial charge in [-0.2, -0.15) is 0 Å². The number of benzene rings is 2. The molecule has 4 rings (SSSR count). The number of rotatable bonds is 4.